The molecular weight excluding hydrogens is 598 g/mol. The average molecular weight is 643 g/mol. The molecule has 12 heteroatoms. The molecule has 2 unspecified atom stereocenters. The molecule has 1 aromatic carbocycles. The summed E-state index contributed by atoms with van der Waals surface area (Å²) in [5, 5.41) is 2.82. The first-order valence-electron chi connectivity index (χ1n) is 16.5. The first-order valence-corrected chi connectivity index (χ1v) is 16.5. The summed E-state index contributed by atoms with van der Waals surface area (Å²) in [6.07, 6.45) is 1.61. The van der Waals surface area contributed by atoms with Gasteiger partial charge in [-0.15, -0.1) is 0 Å². The molecule has 1 aromatic heterocycles. The van der Waals surface area contributed by atoms with Gasteiger partial charge >= 0.3 is 6.09 Å². The van der Waals surface area contributed by atoms with Gasteiger partial charge in [0.2, 0.25) is 11.8 Å². The Morgan fingerprint density at radius 2 is 1.87 bits per heavy atom. The second kappa shape index (κ2) is 12.2. The molecular formula is C34H44F2N4O6. The van der Waals surface area contributed by atoms with Crippen molar-refractivity contribution in [3.05, 3.63) is 23.9 Å². The minimum atomic E-state index is -3.35. The standard InChI is InChI=1S/C34H44F2N4O6/c1-6-44-20-10-11-23-24(15-20)38-30-28(37-23)34(35,36)12-8-7-9-21-22-13-19(22)14-26(21)46-32(43)39-29(33(3,4)5)31(42)40-16-27(45-30)18(2)25(40)17-41/h10-11,15,17-19,21-22,25-27,29H,6-9,12-14,16H2,1-5H3,(H,39,43)/t18-,19?,21+,22?,25+,26+,27-,29+/m0/s1. The number of hydrogen-bond donors (Lipinski definition) is 1. The molecule has 2 bridgehead atoms. The van der Waals surface area contributed by atoms with E-state index < -0.39 is 59.6 Å². The van der Waals surface area contributed by atoms with Crippen LogP contribution >= 0.6 is 0 Å². The Morgan fingerprint density at radius 1 is 1.09 bits per heavy atom. The molecule has 2 amide bonds. The van der Waals surface area contributed by atoms with Crippen LogP contribution in [0.25, 0.3) is 11.0 Å². The van der Waals surface area contributed by atoms with Crippen LogP contribution in [0, 0.1) is 29.1 Å². The van der Waals surface area contributed by atoms with E-state index in [0.717, 1.165) is 12.8 Å². The highest BCUT2D eigenvalue weighted by Gasteiger charge is 2.55. The lowest BCUT2D eigenvalue weighted by Gasteiger charge is -2.35. The molecule has 46 heavy (non-hydrogen) atoms. The minimum absolute atomic E-state index is 0.0650. The molecule has 4 aliphatic rings. The molecule has 3 heterocycles. The van der Waals surface area contributed by atoms with Crippen LogP contribution in [0.4, 0.5) is 13.6 Å². The molecule has 1 saturated heterocycles. The Bertz CT molecular complexity index is 1500. The zero-order valence-corrected chi connectivity index (χ0v) is 27.1. The van der Waals surface area contributed by atoms with Crippen LogP contribution in [0.1, 0.15) is 78.8 Å². The summed E-state index contributed by atoms with van der Waals surface area (Å²) in [7, 11) is 0. The van der Waals surface area contributed by atoms with E-state index in [9.17, 15) is 14.4 Å². The number of aldehydes is 1. The number of amides is 2. The Labute approximate surface area is 267 Å². The third-order valence-corrected chi connectivity index (χ3v) is 10.3. The number of alkyl halides is 2. The monoisotopic (exact) mass is 642 g/mol. The van der Waals surface area contributed by atoms with Gasteiger partial charge in [0.1, 0.15) is 30.3 Å². The number of nitrogens with one attached hydrogen (secondary N) is 1. The van der Waals surface area contributed by atoms with Crippen LogP contribution in [0.5, 0.6) is 11.6 Å². The van der Waals surface area contributed by atoms with Gasteiger partial charge in [0.25, 0.3) is 5.92 Å². The van der Waals surface area contributed by atoms with Crippen molar-refractivity contribution in [3.8, 4) is 11.6 Å². The lowest BCUT2D eigenvalue weighted by molar-refractivity contribution is -0.139. The first-order chi connectivity index (χ1) is 21.8. The maximum absolute atomic E-state index is 16.1. The minimum Gasteiger partial charge on any atom is -0.494 e. The van der Waals surface area contributed by atoms with Crippen molar-refractivity contribution in [1.82, 2.24) is 20.2 Å². The molecule has 0 spiro atoms. The van der Waals surface area contributed by atoms with Crippen molar-refractivity contribution < 1.29 is 37.4 Å². The highest BCUT2D eigenvalue weighted by molar-refractivity contribution is 5.89. The summed E-state index contributed by atoms with van der Waals surface area (Å²) in [5.74, 6) is -3.20. The number of hydrogen-bond acceptors (Lipinski definition) is 8. The highest BCUT2D eigenvalue weighted by atomic mass is 19.3. The van der Waals surface area contributed by atoms with Crippen molar-refractivity contribution in [2.75, 3.05) is 13.2 Å². The Kier molecular flexibility index (Phi) is 8.60. The first kappa shape index (κ1) is 32.4. The van der Waals surface area contributed by atoms with E-state index in [2.05, 4.69) is 15.3 Å². The molecule has 6 rings (SSSR count). The predicted octanol–water partition coefficient (Wildman–Crippen LogP) is 5.65. The van der Waals surface area contributed by atoms with Crippen LogP contribution in [-0.2, 0) is 20.2 Å². The van der Waals surface area contributed by atoms with Gasteiger partial charge in [-0.05, 0) is 67.9 Å². The summed E-state index contributed by atoms with van der Waals surface area (Å²) < 4.78 is 49.9. The molecule has 0 radical (unpaired) electrons. The van der Waals surface area contributed by atoms with E-state index in [0.29, 0.717) is 48.8 Å². The van der Waals surface area contributed by atoms with Gasteiger partial charge in [-0.1, -0.05) is 34.1 Å². The molecule has 2 aromatic rings. The van der Waals surface area contributed by atoms with E-state index in [-0.39, 0.29) is 36.4 Å². The number of aromatic nitrogens is 2. The zero-order chi connectivity index (χ0) is 33.0. The van der Waals surface area contributed by atoms with Gasteiger partial charge in [0.15, 0.2) is 5.69 Å². The van der Waals surface area contributed by atoms with Gasteiger partial charge in [-0.3, -0.25) is 4.79 Å². The van der Waals surface area contributed by atoms with Crippen molar-refractivity contribution in [1.29, 1.82) is 0 Å². The van der Waals surface area contributed by atoms with Crippen molar-refractivity contribution in [2.24, 2.45) is 29.1 Å². The van der Waals surface area contributed by atoms with E-state index in [1.165, 1.54) is 4.90 Å². The number of carbonyl (C=O) groups is 3. The Balaban J connectivity index is 1.39. The normalized spacial score (nSPS) is 33.0. The SMILES string of the molecule is CCOc1ccc2nc3c(nc2c1)O[C@H]1CN(C(=O)[C@H](C(C)(C)C)NC(=O)O[C@@H]2CC4CC4[C@H]2CCCCC3(F)F)[C@H](C=O)[C@@H]1C. The number of halogens is 2. The number of ether oxygens (including phenoxy) is 3. The van der Waals surface area contributed by atoms with Gasteiger partial charge in [-0.2, -0.15) is 8.78 Å². The summed E-state index contributed by atoms with van der Waals surface area (Å²) in [6.45, 7) is 9.41. The molecule has 250 valence electrons. The number of nitrogens with zero attached hydrogens (tertiary/aromatic N) is 3. The summed E-state index contributed by atoms with van der Waals surface area (Å²) in [6, 6.07) is 2.99. The average Bonchev–Trinajstić information content (AvgIpc) is 3.57. The van der Waals surface area contributed by atoms with Gasteiger partial charge in [0, 0.05) is 18.4 Å². The van der Waals surface area contributed by atoms with Crippen LogP contribution in [0.3, 0.4) is 0 Å². The largest absolute Gasteiger partial charge is 0.494 e. The number of fused-ring (bicyclic) bond motifs is 7. The fraction of sp³-hybridized carbons (Fsp3) is 0.676. The fourth-order valence-electron chi connectivity index (χ4n) is 7.60. The Morgan fingerprint density at radius 3 is 2.59 bits per heavy atom. The number of rotatable bonds is 3. The lowest BCUT2D eigenvalue weighted by Crippen LogP contribution is -2.56. The van der Waals surface area contributed by atoms with Crippen molar-refractivity contribution >= 4 is 29.3 Å². The maximum Gasteiger partial charge on any atom is 0.408 e. The molecule has 2 aliphatic carbocycles. The second-order valence-corrected chi connectivity index (χ2v) is 14.5. The van der Waals surface area contributed by atoms with E-state index in [4.69, 9.17) is 14.2 Å². The quantitative estimate of drug-likeness (QED) is 0.427. The van der Waals surface area contributed by atoms with Gasteiger partial charge < -0.3 is 29.2 Å². The third-order valence-electron chi connectivity index (χ3n) is 10.3. The number of alkyl carbamates (subject to hydrolysis) is 1. The molecule has 2 aliphatic heterocycles. The van der Waals surface area contributed by atoms with Crippen molar-refractivity contribution in [3.63, 3.8) is 0 Å². The smallest absolute Gasteiger partial charge is 0.408 e. The highest BCUT2D eigenvalue weighted by Crippen LogP contribution is 2.58. The van der Waals surface area contributed by atoms with Crippen LogP contribution in [0.15, 0.2) is 18.2 Å². The molecule has 8 atom stereocenters. The second-order valence-electron chi connectivity index (χ2n) is 14.5. The third kappa shape index (κ3) is 6.23. The van der Waals surface area contributed by atoms with Crippen LogP contribution in [0.2, 0.25) is 0 Å². The van der Waals surface area contributed by atoms with Crippen LogP contribution < -0.4 is 14.8 Å². The van der Waals surface area contributed by atoms with E-state index in [1.807, 2.05) is 27.7 Å². The Hall–Kier alpha value is -3.57. The lowest BCUT2D eigenvalue weighted by atomic mass is 9.85. The zero-order valence-electron chi connectivity index (χ0n) is 27.1. The van der Waals surface area contributed by atoms with E-state index in [1.54, 1.807) is 25.1 Å². The summed E-state index contributed by atoms with van der Waals surface area (Å²) in [4.78, 5) is 50.0. The molecule has 3 fully saturated rings. The molecule has 10 nitrogen and oxygen atoms in total. The molecule has 2 saturated carbocycles. The summed E-state index contributed by atoms with van der Waals surface area (Å²) in [5.41, 5.74) is -0.672. The van der Waals surface area contributed by atoms with Crippen LogP contribution in [-0.4, -0.2) is 70.6 Å². The maximum atomic E-state index is 16.1. The number of carbonyl (C=O) groups excluding carboxylic acids is 3. The molecule has 1 N–H and O–H groups in total. The fourth-order valence-corrected chi connectivity index (χ4v) is 7.60. The van der Waals surface area contributed by atoms with Gasteiger partial charge in [-0.25, -0.2) is 14.8 Å². The predicted molar refractivity (Wildman–Crippen MR) is 165 cm³/mol. The number of benzene rings is 1. The van der Waals surface area contributed by atoms with E-state index >= 15 is 8.78 Å². The topological polar surface area (TPSA) is 120 Å². The van der Waals surface area contributed by atoms with Crippen molar-refractivity contribution in [2.45, 2.75) is 103 Å². The summed E-state index contributed by atoms with van der Waals surface area (Å²) >= 11 is 0. The van der Waals surface area contributed by atoms with Gasteiger partial charge in [0.05, 0.1) is 30.2 Å².